The number of carboxylic acids is 2. The molecule has 3 heterocycles. The fraction of sp³-hybridized carbons (Fsp3) is 0.373. The van der Waals surface area contributed by atoms with Gasteiger partial charge in [-0.1, -0.05) is 130 Å². The number of amides is 7. The second-order valence-electron chi connectivity index (χ2n) is 20.9. The molecular formula is C59H67N7O12. The molecule has 0 aromatic heterocycles. The summed E-state index contributed by atoms with van der Waals surface area (Å²) in [5.74, 6) is -6.81. The molecule has 0 spiro atoms. The maximum absolute atomic E-state index is 14.7. The fourth-order valence-corrected chi connectivity index (χ4v) is 9.40. The molecule has 0 aliphatic carbocycles. The van der Waals surface area contributed by atoms with Gasteiger partial charge in [-0.25, -0.2) is 9.59 Å². The molecule has 3 aliphatic rings. The Morgan fingerprint density at radius 2 is 1.21 bits per heavy atom. The number of piperazine rings is 1. The van der Waals surface area contributed by atoms with Crippen molar-refractivity contribution in [3.05, 3.63) is 138 Å². The van der Waals surface area contributed by atoms with Crippen LogP contribution in [0.2, 0.25) is 0 Å². The van der Waals surface area contributed by atoms with Gasteiger partial charge in [-0.2, -0.15) is 0 Å². The van der Waals surface area contributed by atoms with E-state index in [9.17, 15) is 53.4 Å². The number of aliphatic carboxylic acids is 2. The summed E-state index contributed by atoms with van der Waals surface area (Å²) in [5.41, 5.74) is 1.42. The number of nitrogens with one attached hydrogen (secondary N) is 5. The summed E-state index contributed by atoms with van der Waals surface area (Å²) in [6.45, 7) is 4.76. The second-order valence-corrected chi connectivity index (χ2v) is 20.9. The van der Waals surface area contributed by atoms with Crippen LogP contribution >= 0.6 is 0 Å². The molecule has 5 aromatic rings. The highest BCUT2D eigenvalue weighted by Crippen LogP contribution is 2.24. The van der Waals surface area contributed by atoms with Gasteiger partial charge in [0.25, 0.3) is 0 Å². The Morgan fingerprint density at radius 1 is 0.628 bits per heavy atom. The molecule has 1 fully saturated rings. The summed E-state index contributed by atoms with van der Waals surface area (Å²) < 4.78 is 5.85. The highest BCUT2D eigenvalue weighted by molar-refractivity contribution is 5.95. The van der Waals surface area contributed by atoms with Crippen LogP contribution in [0.25, 0.3) is 21.5 Å². The standard InChI is InChI=1S/C59H67N7O12/c1-59(2,3)34-52(69)66-27-26-65-36-49(66)56(73)63-47(33-39-17-21-41-12-7-9-14-43(41)30-39)55(72)64-48(58(76)77)31-37-18-22-44(23-19-37)78-28-10-4-5-15-51(68)61-46(32-38-16-20-40-11-6-8-13-42(40)29-38)54(71)62-45(57(74)75)24-25-50(67)60-35-53(65)70/h4,6-14,16-23,29-30,45-49H,5,15,24-28,31-36H2,1-3H3,(H,60,67)(H,61,68)(H,62,71)(H,63,73)(H,64,72)(H,74,75)(H,76,77)/b10-4+/t45-,46-,47-,48-,49-/m0/s1. The number of nitrogens with zero attached hydrogens (tertiary/aromatic N) is 2. The Kier molecular flexibility index (Phi) is 19.4. The van der Waals surface area contributed by atoms with Crippen molar-refractivity contribution in [2.45, 2.75) is 102 Å². The molecule has 8 rings (SSSR count). The predicted octanol–water partition coefficient (Wildman–Crippen LogP) is 4.23. The van der Waals surface area contributed by atoms with E-state index >= 15 is 0 Å². The van der Waals surface area contributed by atoms with Crippen LogP contribution in [-0.4, -0.2) is 136 Å². The summed E-state index contributed by atoms with van der Waals surface area (Å²) in [7, 11) is 0. The minimum atomic E-state index is -1.55. The van der Waals surface area contributed by atoms with E-state index in [2.05, 4.69) is 26.6 Å². The normalized spacial score (nSPS) is 21.6. The van der Waals surface area contributed by atoms with Crippen molar-refractivity contribution in [2.24, 2.45) is 5.41 Å². The molecule has 4 bridgehead atoms. The van der Waals surface area contributed by atoms with E-state index in [1.165, 1.54) is 9.80 Å². The van der Waals surface area contributed by atoms with Gasteiger partial charge in [0.1, 0.15) is 42.6 Å². The van der Waals surface area contributed by atoms with Crippen LogP contribution in [0, 0.1) is 5.41 Å². The molecule has 410 valence electrons. The number of hydrogen-bond acceptors (Lipinski definition) is 10. The van der Waals surface area contributed by atoms with Crippen molar-refractivity contribution < 1.29 is 58.1 Å². The molecule has 78 heavy (non-hydrogen) atoms. The number of ether oxygens (including phenoxy) is 1. The van der Waals surface area contributed by atoms with Crippen molar-refractivity contribution in [2.75, 3.05) is 32.8 Å². The molecule has 7 amide bonds. The topological polar surface area (TPSA) is 270 Å². The Balaban J connectivity index is 1.14. The van der Waals surface area contributed by atoms with Gasteiger partial charge < -0.3 is 51.3 Å². The van der Waals surface area contributed by atoms with Crippen molar-refractivity contribution in [1.29, 1.82) is 0 Å². The van der Waals surface area contributed by atoms with Crippen molar-refractivity contribution in [3.8, 4) is 5.75 Å². The van der Waals surface area contributed by atoms with Crippen LogP contribution in [0.1, 0.15) is 69.6 Å². The SMILES string of the molecule is CC(C)(C)CC(=O)N1CCN2C[C@H]1C(=O)N[C@@H](Cc1ccc3ccccc3c1)C(=O)N[C@H](C(=O)O)Cc1ccc(cc1)OC/C=C/CCC(=O)N[C@@H](Cc1ccc3ccccc3c1)C(=O)N[C@H](C(=O)O)CCC(=O)NCC2=O. The quantitative estimate of drug-likeness (QED) is 0.113. The second kappa shape index (κ2) is 26.4. The largest absolute Gasteiger partial charge is 0.490 e. The Bertz CT molecular complexity index is 3060. The third-order valence-electron chi connectivity index (χ3n) is 13.6. The first-order valence-corrected chi connectivity index (χ1v) is 26.1. The summed E-state index contributed by atoms with van der Waals surface area (Å²) in [6, 6.07) is 26.1. The first-order valence-electron chi connectivity index (χ1n) is 26.1. The molecule has 19 heteroatoms. The maximum Gasteiger partial charge on any atom is 0.326 e. The van der Waals surface area contributed by atoms with Crippen molar-refractivity contribution in [3.63, 3.8) is 0 Å². The molecule has 3 aliphatic heterocycles. The van der Waals surface area contributed by atoms with Crippen LogP contribution < -0.4 is 31.3 Å². The molecule has 7 N–H and O–H groups in total. The Morgan fingerprint density at radius 3 is 1.79 bits per heavy atom. The summed E-state index contributed by atoms with van der Waals surface area (Å²) in [6.07, 6.45) is 2.78. The number of benzene rings is 5. The number of rotatable bonds is 7. The molecule has 5 atom stereocenters. The Hall–Kier alpha value is -8.61. The van der Waals surface area contributed by atoms with Gasteiger partial charge in [0.05, 0.1) is 13.1 Å². The van der Waals surface area contributed by atoms with Crippen molar-refractivity contribution in [1.82, 2.24) is 36.4 Å². The molecule has 19 nitrogen and oxygen atoms in total. The lowest BCUT2D eigenvalue weighted by atomic mass is 9.91. The highest BCUT2D eigenvalue weighted by atomic mass is 16.5. The van der Waals surface area contributed by atoms with Gasteiger partial charge in [0.2, 0.25) is 41.4 Å². The minimum absolute atomic E-state index is 0.0104. The summed E-state index contributed by atoms with van der Waals surface area (Å²) in [4.78, 5) is 125. The number of fused-ring (bicyclic) bond motifs is 26. The van der Waals surface area contributed by atoms with E-state index in [0.717, 1.165) is 21.5 Å². The summed E-state index contributed by atoms with van der Waals surface area (Å²) >= 11 is 0. The molecule has 0 radical (unpaired) electrons. The van der Waals surface area contributed by atoms with E-state index in [4.69, 9.17) is 4.74 Å². The molecule has 0 saturated carbocycles. The fourth-order valence-electron chi connectivity index (χ4n) is 9.40. The van der Waals surface area contributed by atoms with E-state index in [0.29, 0.717) is 22.4 Å². The van der Waals surface area contributed by atoms with Crippen molar-refractivity contribution >= 4 is 74.8 Å². The zero-order chi connectivity index (χ0) is 55.9. The molecule has 0 unspecified atom stereocenters. The van der Waals surface area contributed by atoms with Crippen LogP contribution in [0.5, 0.6) is 5.75 Å². The van der Waals surface area contributed by atoms with E-state index in [1.807, 2.05) is 99.6 Å². The zero-order valence-electron chi connectivity index (χ0n) is 44.0. The van der Waals surface area contributed by atoms with Gasteiger partial charge >= 0.3 is 11.9 Å². The Labute approximate surface area is 452 Å². The van der Waals surface area contributed by atoms with Gasteiger partial charge in [0, 0.05) is 51.6 Å². The van der Waals surface area contributed by atoms with Gasteiger partial charge in [-0.3, -0.25) is 33.6 Å². The van der Waals surface area contributed by atoms with Crippen LogP contribution in [0.4, 0.5) is 0 Å². The first-order chi connectivity index (χ1) is 37.3. The summed E-state index contributed by atoms with van der Waals surface area (Å²) in [5, 5.41) is 37.4. The van der Waals surface area contributed by atoms with Gasteiger partial charge in [0.15, 0.2) is 0 Å². The van der Waals surface area contributed by atoms with Crippen LogP contribution in [-0.2, 0) is 62.4 Å². The molecular weight excluding hydrogens is 999 g/mol. The lowest BCUT2D eigenvalue weighted by Crippen LogP contribution is -2.64. The van der Waals surface area contributed by atoms with Gasteiger partial charge in [-0.05, 0) is 68.6 Å². The highest BCUT2D eigenvalue weighted by Gasteiger charge is 2.40. The maximum atomic E-state index is 14.7. The number of allylic oxidation sites excluding steroid dienone is 1. The van der Waals surface area contributed by atoms with Crippen LogP contribution in [0.3, 0.4) is 0 Å². The van der Waals surface area contributed by atoms with E-state index < -0.39 is 96.0 Å². The van der Waals surface area contributed by atoms with Crippen LogP contribution in [0.15, 0.2) is 121 Å². The first kappa shape index (κ1) is 57.1. The molecule has 5 aromatic carbocycles. The van der Waals surface area contributed by atoms with Gasteiger partial charge in [-0.15, -0.1) is 0 Å². The number of hydrogen-bond donors (Lipinski definition) is 7. The lowest BCUT2D eigenvalue weighted by molar-refractivity contribution is -0.150. The third kappa shape index (κ3) is 16.4. The van der Waals surface area contributed by atoms with E-state index in [-0.39, 0.29) is 77.1 Å². The zero-order valence-corrected chi connectivity index (χ0v) is 44.0. The number of carbonyl (C=O) groups excluding carboxylic acids is 7. The van der Waals surface area contributed by atoms with E-state index in [1.54, 1.807) is 42.5 Å². The number of carboxylic acid groups (broad SMARTS) is 2. The average molecular weight is 1070 g/mol. The predicted molar refractivity (Wildman–Crippen MR) is 291 cm³/mol. The minimum Gasteiger partial charge on any atom is -0.490 e. The third-order valence-corrected chi connectivity index (χ3v) is 13.6. The average Bonchev–Trinajstić information content (AvgIpc) is 3.43. The molecule has 1 saturated heterocycles. The lowest BCUT2D eigenvalue weighted by Gasteiger charge is -2.41. The monoisotopic (exact) mass is 1070 g/mol. The number of carbonyl (C=O) groups is 9. The smallest absolute Gasteiger partial charge is 0.326 e.